The van der Waals surface area contributed by atoms with Crippen LogP contribution in [0.5, 0.6) is 5.75 Å². The van der Waals surface area contributed by atoms with E-state index in [2.05, 4.69) is 86.9 Å². The number of halogens is 2. The Kier molecular flexibility index (Phi) is 7.42. The first-order valence-corrected chi connectivity index (χ1v) is 10.8. The minimum absolute atomic E-state index is 0.0462. The summed E-state index contributed by atoms with van der Waals surface area (Å²) in [6, 6.07) is 18.4. The lowest BCUT2D eigenvalue weighted by Gasteiger charge is -2.11. The van der Waals surface area contributed by atoms with Gasteiger partial charge in [-0.1, -0.05) is 29.8 Å². The van der Waals surface area contributed by atoms with Crippen LogP contribution in [0.3, 0.4) is 0 Å². The fourth-order valence-corrected chi connectivity index (χ4v) is 4.60. The van der Waals surface area contributed by atoms with Crippen molar-refractivity contribution in [3.8, 4) is 5.75 Å². The number of hydrogen-bond donors (Lipinski definition) is 1. The second-order valence-corrected chi connectivity index (χ2v) is 8.59. The maximum absolute atomic E-state index is 10.7. The summed E-state index contributed by atoms with van der Waals surface area (Å²) in [4.78, 5) is 10.3. The van der Waals surface area contributed by atoms with Crippen molar-refractivity contribution in [2.75, 3.05) is 5.43 Å². The molecule has 0 aliphatic rings. The Labute approximate surface area is 195 Å². The highest BCUT2D eigenvalue weighted by molar-refractivity contribution is 14.1. The molecule has 3 aromatic carbocycles. The molecule has 0 aliphatic heterocycles. The van der Waals surface area contributed by atoms with Crippen molar-refractivity contribution in [3.63, 3.8) is 0 Å². The third kappa shape index (κ3) is 6.13. The summed E-state index contributed by atoms with van der Waals surface area (Å²) in [5, 5.41) is 14.9. The van der Waals surface area contributed by atoms with Gasteiger partial charge in [0.25, 0.3) is 5.69 Å². The van der Waals surface area contributed by atoms with Crippen LogP contribution in [0.4, 0.5) is 11.4 Å². The van der Waals surface area contributed by atoms with E-state index in [0.29, 0.717) is 12.3 Å². The van der Waals surface area contributed by atoms with Gasteiger partial charge in [0.1, 0.15) is 12.4 Å². The molecular weight excluding hydrogens is 596 g/mol. The van der Waals surface area contributed by atoms with E-state index in [1.54, 1.807) is 18.3 Å². The van der Waals surface area contributed by atoms with Gasteiger partial charge in [-0.3, -0.25) is 15.5 Å². The smallest absolute Gasteiger partial charge is 0.269 e. The summed E-state index contributed by atoms with van der Waals surface area (Å²) in [7, 11) is 0. The highest BCUT2D eigenvalue weighted by atomic mass is 127. The van der Waals surface area contributed by atoms with E-state index >= 15 is 0 Å². The minimum atomic E-state index is -0.431. The molecular formula is C21H17I2N3O3. The topological polar surface area (TPSA) is 76.8 Å². The quantitative estimate of drug-likeness (QED) is 0.151. The largest absolute Gasteiger partial charge is 0.487 e. The zero-order valence-electron chi connectivity index (χ0n) is 15.4. The molecule has 0 heterocycles. The number of ether oxygens (including phenoxy) is 1. The van der Waals surface area contributed by atoms with E-state index in [-0.39, 0.29) is 5.69 Å². The Bertz CT molecular complexity index is 1010. The molecule has 148 valence electrons. The minimum Gasteiger partial charge on any atom is -0.487 e. The maximum Gasteiger partial charge on any atom is 0.269 e. The zero-order valence-corrected chi connectivity index (χ0v) is 19.7. The van der Waals surface area contributed by atoms with E-state index in [1.807, 2.05) is 12.1 Å². The van der Waals surface area contributed by atoms with Gasteiger partial charge in [0.2, 0.25) is 0 Å². The zero-order chi connectivity index (χ0) is 20.8. The van der Waals surface area contributed by atoms with Crippen LogP contribution < -0.4 is 10.2 Å². The molecule has 0 unspecified atom stereocenters. The maximum atomic E-state index is 10.7. The molecule has 3 rings (SSSR count). The number of anilines is 1. The summed E-state index contributed by atoms with van der Waals surface area (Å²) in [5.41, 5.74) is 6.87. The van der Waals surface area contributed by atoms with E-state index in [4.69, 9.17) is 4.74 Å². The first-order valence-electron chi connectivity index (χ1n) is 8.63. The van der Waals surface area contributed by atoms with Crippen LogP contribution in [0.15, 0.2) is 65.8 Å². The number of nitrogens with one attached hydrogen (secondary N) is 1. The number of nitrogens with zero attached hydrogens (tertiary/aromatic N) is 2. The SMILES string of the molecule is Cc1ccc(COc2c(I)cc(/C=N/Nc3ccc([N+](=O)[O-])cc3)cc2I)cc1. The number of rotatable bonds is 7. The predicted molar refractivity (Wildman–Crippen MR) is 132 cm³/mol. The van der Waals surface area contributed by atoms with E-state index < -0.39 is 4.92 Å². The van der Waals surface area contributed by atoms with Crippen molar-refractivity contribution in [1.29, 1.82) is 0 Å². The van der Waals surface area contributed by atoms with Gasteiger partial charge in [0, 0.05) is 12.1 Å². The molecule has 29 heavy (non-hydrogen) atoms. The molecule has 0 atom stereocenters. The van der Waals surface area contributed by atoms with Gasteiger partial charge >= 0.3 is 0 Å². The highest BCUT2D eigenvalue weighted by Crippen LogP contribution is 2.29. The number of benzene rings is 3. The molecule has 0 amide bonds. The average Bonchev–Trinajstić information content (AvgIpc) is 2.69. The van der Waals surface area contributed by atoms with Crippen molar-refractivity contribution in [2.24, 2.45) is 5.10 Å². The standard InChI is InChI=1S/C21H17I2N3O3/c1-14-2-4-15(5-3-14)13-29-21-19(22)10-16(11-20(21)23)12-24-25-17-6-8-18(9-7-17)26(27)28/h2-12,25H,13H2,1H3/b24-12+. The van der Waals surface area contributed by atoms with Gasteiger partial charge in [-0.15, -0.1) is 0 Å². The van der Waals surface area contributed by atoms with Crippen LogP contribution in [0.2, 0.25) is 0 Å². The second kappa shape index (κ2) is 10.0. The van der Waals surface area contributed by atoms with Gasteiger partial charge in [-0.25, -0.2) is 0 Å². The fraction of sp³-hybridized carbons (Fsp3) is 0.0952. The number of hydrazone groups is 1. The Morgan fingerprint density at radius 1 is 1.07 bits per heavy atom. The summed E-state index contributed by atoms with van der Waals surface area (Å²) < 4.78 is 8.02. The van der Waals surface area contributed by atoms with Gasteiger partial charge < -0.3 is 4.74 Å². The number of hydrogen-bond acceptors (Lipinski definition) is 5. The molecule has 3 aromatic rings. The molecule has 0 aliphatic carbocycles. The van der Waals surface area contributed by atoms with Crippen LogP contribution in [-0.4, -0.2) is 11.1 Å². The molecule has 0 aromatic heterocycles. The molecule has 0 spiro atoms. The normalized spacial score (nSPS) is 10.9. The molecule has 0 fully saturated rings. The Balaban J connectivity index is 1.64. The molecule has 0 saturated carbocycles. The van der Waals surface area contributed by atoms with Crippen molar-refractivity contribution in [2.45, 2.75) is 13.5 Å². The third-order valence-electron chi connectivity index (χ3n) is 4.01. The first kappa shape index (κ1) is 21.5. The van der Waals surface area contributed by atoms with Crippen LogP contribution in [0.1, 0.15) is 16.7 Å². The predicted octanol–water partition coefficient (Wildman–Crippen LogP) is 6.14. The van der Waals surface area contributed by atoms with Gasteiger partial charge in [-0.05, 0) is 87.5 Å². The van der Waals surface area contributed by atoms with Crippen LogP contribution >= 0.6 is 45.2 Å². The van der Waals surface area contributed by atoms with Crippen LogP contribution in [0.25, 0.3) is 0 Å². The van der Waals surface area contributed by atoms with E-state index in [0.717, 1.165) is 24.0 Å². The number of non-ortho nitro benzene ring substituents is 1. The average molecular weight is 613 g/mol. The third-order valence-corrected chi connectivity index (χ3v) is 5.61. The highest BCUT2D eigenvalue weighted by Gasteiger charge is 2.09. The molecule has 0 radical (unpaired) electrons. The monoisotopic (exact) mass is 613 g/mol. The summed E-state index contributed by atoms with van der Waals surface area (Å²) in [6.45, 7) is 2.58. The number of nitro benzene ring substituents is 1. The van der Waals surface area contributed by atoms with Crippen LogP contribution in [-0.2, 0) is 6.61 Å². The van der Waals surface area contributed by atoms with Crippen molar-refractivity contribution in [3.05, 3.63) is 94.6 Å². The molecule has 6 nitrogen and oxygen atoms in total. The van der Waals surface area contributed by atoms with E-state index in [9.17, 15) is 10.1 Å². The molecule has 0 saturated heterocycles. The molecule has 0 bridgehead atoms. The Morgan fingerprint density at radius 2 is 1.69 bits per heavy atom. The molecule has 8 heteroatoms. The van der Waals surface area contributed by atoms with Gasteiger partial charge in [0.05, 0.1) is 24.0 Å². The number of aryl methyl sites for hydroxylation is 1. The second-order valence-electron chi connectivity index (χ2n) is 6.26. The summed E-state index contributed by atoms with van der Waals surface area (Å²) >= 11 is 4.51. The van der Waals surface area contributed by atoms with E-state index in [1.165, 1.54) is 17.7 Å². The lowest BCUT2D eigenvalue weighted by molar-refractivity contribution is -0.384. The summed E-state index contributed by atoms with van der Waals surface area (Å²) in [5.74, 6) is 0.854. The lowest BCUT2D eigenvalue weighted by Crippen LogP contribution is -2.00. The summed E-state index contributed by atoms with van der Waals surface area (Å²) in [6.07, 6.45) is 1.70. The van der Waals surface area contributed by atoms with Gasteiger partial charge in [-0.2, -0.15) is 5.10 Å². The van der Waals surface area contributed by atoms with Crippen molar-refractivity contribution < 1.29 is 9.66 Å². The lowest BCUT2D eigenvalue weighted by atomic mass is 10.2. The first-order chi connectivity index (χ1) is 13.9. The van der Waals surface area contributed by atoms with Crippen molar-refractivity contribution in [1.82, 2.24) is 0 Å². The number of nitro groups is 1. The molecule has 1 N–H and O–H groups in total. The Morgan fingerprint density at radius 3 is 2.28 bits per heavy atom. The van der Waals surface area contributed by atoms with Crippen LogP contribution in [0, 0.1) is 24.2 Å². The van der Waals surface area contributed by atoms with Crippen molar-refractivity contribution >= 4 is 62.8 Å². The Hall–Kier alpha value is -2.21. The van der Waals surface area contributed by atoms with Gasteiger partial charge in [0.15, 0.2) is 0 Å². The fourth-order valence-electron chi connectivity index (χ4n) is 2.47.